The fourth-order valence-electron chi connectivity index (χ4n) is 2.86. The van der Waals surface area contributed by atoms with E-state index in [9.17, 15) is 30.7 Å². The van der Waals surface area contributed by atoms with E-state index in [1.807, 2.05) is 0 Å². The molecule has 3 aromatic carbocycles. The van der Waals surface area contributed by atoms with E-state index in [0.717, 1.165) is 15.0 Å². The molecule has 0 heterocycles. The summed E-state index contributed by atoms with van der Waals surface area (Å²) in [5.74, 6) is -5.69. The van der Waals surface area contributed by atoms with E-state index in [4.69, 9.17) is 0 Å². The highest BCUT2D eigenvalue weighted by Gasteiger charge is 2.41. The van der Waals surface area contributed by atoms with Gasteiger partial charge in [-0.15, -0.1) is 0 Å². The Labute approximate surface area is 194 Å². The van der Waals surface area contributed by atoms with E-state index in [0.29, 0.717) is 29.8 Å². The maximum atomic E-state index is 14.5. The zero-order valence-corrected chi connectivity index (χ0v) is 18.9. The molecule has 0 aliphatic heterocycles. The zero-order chi connectivity index (χ0) is 23.6. The lowest BCUT2D eigenvalue weighted by Gasteiger charge is -2.20. The number of ether oxygens (including phenoxy) is 1. The molecule has 0 bridgehead atoms. The molecule has 32 heavy (non-hydrogen) atoms. The van der Waals surface area contributed by atoms with Crippen LogP contribution in [0, 0.1) is 47.2 Å². The highest BCUT2D eigenvalue weighted by molar-refractivity contribution is 14.2. The first-order chi connectivity index (χ1) is 15.0. The fourth-order valence-corrected chi connectivity index (χ4v) is 3.33. The van der Waals surface area contributed by atoms with Crippen LogP contribution >= 0.6 is 30.1 Å². The van der Waals surface area contributed by atoms with Crippen molar-refractivity contribution >= 4 is 30.1 Å². The molecule has 0 atom stereocenters. The molecule has 0 aromatic heterocycles. The second-order valence-corrected chi connectivity index (χ2v) is 8.16. The number of aryl methyl sites for hydroxylation is 1. The predicted octanol–water partition coefficient (Wildman–Crippen LogP) is 7.88. The van der Waals surface area contributed by atoms with E-state index in [1.54, 1.807) is 28.1 Å². The van der Waals surface area contributed by atoms with Gasteiger partial charge in [0.05, 0.1) is 5.56 Å². The van der Waals surface area contributed by atoms with Gasteiger partial charge in [0.2, 0.25) is 0 Å². The Morgan fingerprint density at radius 3 is 1.97 bits per heavy atom. The highest BCUT2D eigenvalue weighted by Crippen LogP contribution is 2.38. The Morgan fingerprint density at radius 1 is 0.844 bits per heavy atom. The van der Waals surface area contributed by atoms with Gasteiger partial charge in [-0.05, 0) is 56.4 Å². The second kappa shape index (κ2) is 9.62. The van der Waals surface area contributed by atoms with Gasteiger partial charge in [0.25, 0.3) is 0 Å². The van der Waals surface area contributed by atoms with Crippen LogP contribution in [0.4, 0.5) is 30.7 Å². The average molecular weight is 582 g/mol. The van der Waals surface area contributed by atoms with Crippen molar-refractivity contribution in [3.8, 4) is 28.0 Å². The van der Waals surface area contributed by atoms with Crippen LogP contribution in [-0.4, -0.2) is 0 Å². The van der Waals surface area contributed by atoms with E-state index in [2.05, 4.69) is 15.9 Å². The molecular weight excluding hydrogens is 572 g/mol. The molecule has 0 spiro atoms. The maximum absolute atomic E-state index is 14.5. The van der Waals surface area contributed by atoms with Crippen molar-refractivity contribution in [1.82, 2.24) is 0 Å². The molecular formula is C22H10F7IOS. The number of halogens is 8. The molecule has 0 N–H and O–H groups in total. The van der Waals surface area contributed by atoms with Gasteiger partial charge >= 0.3 is 6.11 Å². The van der Waals surface area contributed by atoms with Crippen LogP contribution in [0.5, 0.6) is 5.75 Å². The Hall–Kier alpha value is -2.39. The number of hydrogen-bond donors (Lipinski definition) is 0. The first-order valence-corrected chi connectivity index (χ1v) is 12.0. The van der Waals surface area contributed by atoms with Crippen LogP contribution in [0.1, 0.15) is 16.7 Å². The lowest BCUT2D eigenvalue weighted by molar-refractivity contribution is -0.189. The van der Waals surface area contributed by atoms with Gasteiger partial charge < -0.3 is 4.74 Å². The van der Waals surface area contributed by atoms with Crippen LogP contribution in [0.2, 0.25) is 0 Å². The molecule has 0 aliphatic carbocycles. The summed E-state index contributed by atoms with van der Waals surface area (Å²) in [4.78, 5) is 0. The van der Waals surface area contributed by atoms with Gasteiger partial charge in [-0.25, -0.2) is 22.0 Å². The average Bonchev–Trinajstić information content (AvgIpc) is 2.66. The van der Waals surface area contributed by atoms with Gasteiger partial charge in [-0.1, -0.05) is 12.1 Å². The molecule has 3 rings (SSSR count). The van der Waals surface area contributed by atoms with Crippen LogP contribution in [0.25, 0.3) is 11.1 Å². The van der Waals surface area contributed by atoms with Crippen molar-refractivity contribution < 1.29 is 35.5 Å². The summed E-state index contributed by atoms with van der Waals surface area (Å²) >= 11 is 1.77. The summed E-state index contributed by atoms with van der Waals surface area (Å²) in [6.45, 7) is 1.60. The third kappa shape index (κ3) is 5.15. The standard InChI is InChI=1S/C22H10F7IOS/c1-11-2-3-14(16(23)6-11)12-7-19(26)21(20(27)8-12)22(28,29)31-13-9-17(24)15(4-5-32-30)18(25)10-13/h2-3,6-10H,1H3. The number of alkyl halides is 2. The normalized spacial score (nSPS) is 11.2. The Morgan fingerprint density at radius 2 is 1.44 bits per heavy atom. The smallest absolute Gasteiger partial charge is 0.429 e. The van der Waals surface area contributed by atoms with Gasteiger partial charge in [0.1, 0.15) is 40.4 Å². The van der Waals surface area contributed by atoms with E-state index >= 15 is 0 Å². The lowest BCUT2D eigenvalue weighted by Crippen LogP contribution is -2.25. The molecule has 0 unspecified atom stereocenters. The van der Waals surface area contributed by atoms with Gasteiger partial charge in [0.15, 0.2) is 0 Å². The number of hydrogen-bond acceptors (Lipinski definition) is 2. The van der Waals surface area contributed by atoms with Crippen LogP contribution in [-0.2, 0) is 6.11 Å². The minimum atomic E-state index is -4.64. The molecule has 1 nitrogen and oxygen atoms in total. The SMILES string of the molecule is Cc1ccc(-c2cc(F)c(C(F)(F)Oc3cc(F)c(C#CSI)c(F)c3)c(F)c2)c(F)c1. The van der Waals surface area contributed by atoms with Crippen molar-refractivity contribution in [3.05, 3.63) is 88.2 Å². The molecule has 0 saturated heterocycles. The monoisotopic (exact) mass is 582 g/mol. The fraction of sp³-hybridized carbons (Fsp3) is 0.0909. The lowest BCUT2D eigenvalue weighted by atomic mass is 10.0. The third-order valence-electron chi connectivity index (χ3n) is 4.25. The summed E-state index contributed by atoms with van der Waals surface area (Å²) in [6, 6.07) is 5.73. The Kier molecular flexibility index (Phi) is 7.29. The van der Waals surface area contributed by atoms with Crippen molar-refractivity contribution in [3.63, 3.8) is 0 Å². The molecule has 3 aromatic rings. The molecule has 0 aliphatic rings. The van der Waals surface area contributed by atoms with Crippen LogP contribution < -0.4 is 4.74 Å². The van der Waals surface area contributed by atoms with Gasteiger partial charge in [-0.2, -0.15) is 8.78 Å². The zero-order valence-electron chi connectivity index (χ0n) is 15.9. The minimum absolute atomic E-state index is 0.199. The first kappa shape index (κ1) is 24.3. The molecule has 0 radical (unpaired) electrons. The second-order valence-electron chi connectivity index (χ2n) is 6.48. The van der Waals surface area contributed by atoms with Gasteiger partial charge in [-0.3, -0.25) is 0 Å². The van der Waals surface area contributed by atoms with E-state index < -0.39 is 52.1 Å². The van der Waals surface area contributed by atoms with Crippen molar-refractivity contribution in [1.29, 1.82) is 0 Å². The molecule has 0 saturated carbocycles. The predicted molar refractivity (Wildman–Crippen MR) is 116 cm³/mol. The minimum Gasteiger partial charge on any atom is -0.429 e. The summed E-state index contributed by atoms with van der Waals surface area (Å²) in [6.07, 6.45) is -4.64. The molecule has 10 heteroatoms. The van der Waals surface area contributed by atoms with Crippen molar-refractivity contribution in [2.24, 2.45) is 0 Å². The quantitative estimate of drug-likeness (QED) is 0.176. The summed E-state index contributed by atoms with van der Waals surface area (Å²) in [7, 11) is 0.947. The molecule has 166 valence electrons. The van der Waals surface area contributed by atoms with Crippen molar-refractivity contribution in [2.75, 3.05) is 0 Å². The maximum Gasteiger partial charge on any atom is 0.432 e. The highest BCUT2D eigenvalue weighted by atomic mass is 127. The summed E-state index contributed by atoms with van der Waals surface area (Å²) < 4.78 is 104. The number of benzene rings is 3. The summed E-state index contributed by atoms with van der Waals surface area (Å²) in [5.41, 5.74) is -2.43. The van der Waals surface area contributed by atoms with Crippen LogP contribution in [0.15, 0.2) is 42.5 Å². The van der Waals surface area contributed by atoms with E-state index in [1.165, 1.54) is 12.1 Å². The largest absolute Gasteiger partial charge is 0.432 e. The van der Waals surface area contributed by atoms with Crippen molar-refractivity contribution in [2.45, 2.75) is 13.0 Å². The Bertz CT molecular complexity index is 1200. The summed E-state index contributed by atoms with van der Waals surface area (Å²) in [5, 5.41) is 2.34. The third-order valence-corrected chi connectivity index (χ3v) is 5.08. The van der Waals surface area contributed by atoms with E-state index in [-0.39, 0.29) is 11.1 Å². The van der Waals surface area contributed by atoms with Crippen LogP contribution in [0.3, 0.4) is 0 Å². The molecule has 0 fully saturated rings. The number of rotatable bonds is 4. The molecule has 0 amide bonds. The topological polar surface area (TPSA) is 9.23 Å². The van der Waals surface area contributed by atoms with Gasteiger partial charge in [0, 0.05) is 38.9 Å². The first-order valence-electron chi connectivity index (χ1n) is 8.64. The Balaban J connectivity index is 1.98.